The van der Waals surface area contributed by atoms with Gasteiger partial charge in [-0.2, -0.15) is 0 Å². The average molecular weight is 340 g/mol. The molecule has 2 aromatic carbocycles. The maximum absolute atomic E-state index is 11.7. The van der Waals surface area contributed by atoms with Gasteiger partial charge in [0.25, 0.3) is 0 Å². The van der Waals surface area contributed by atoms with Gasteiger partial charge in [-0.3, -0.25) is 5.32 Å². The lowest BCUT2D eigenvalue weighted by molar-refractivity contribution is 0.0693. The minimum atomic E-state index is -1.12. The highest BCUT2D eigenvalue weighted by molar-refractivity contribution is 5.93. The number of nitrogens with one attached hydrogen (secondary N) is 2. The molecule has 3 N–H and O–H groups in total. The van der Waals surface area contributed by atoms with E-state index in [1.807, 2.05) is 36.4 Å². The lowest BCUT2D eigenvalue weighted by Gasteiger charge is -2.16. The van der Waals surface area contributed by atoms with E-state index in [-0.39, 0.29) is 17.2 Å². The number of carbonyl (C=O) groups is 2. The molecule has 0 saturated carbocycles. The number of hydrogen-bond donors (Lipinski definition) is 3. The molecule has 6 heteroatoms. The van der Waals surface area contributed by atoms with Crippen LogP contribution in [0.25, 0.3) is 11.1 Å². The SMILES string of the molecule is C=C(NC(=O)NCC)Oc1c(C)cc(-c2ccccc2)cc1C(=O)O. The van der Waals surface area contributed by atoms with Crippen molar-refractivity contribution in [2.24, 2.45) is 0 Å². The monoisotopic (exact) mass is 340 g/mol. The molecule has 0 aliphatic carbocycles. The Labute approximate surface area is 146 Å². The number of rotatable bonds is 6. The quantitative estimate of drug-likeness (QED) is 0.702. The van der Waals surface area contributed by atoms with Gasteiger partial charge in [0.2, 0.25) is 0 Å². The van der Waals surface area contributed by atoms with Crippen molar-refractivity contribution in [2.45, 2.75) is 13.8 Å². The van der Waals surface area contributed by atoms with Gasteiger partial charge in [0.05, 0.1) is 0 Å². The molecule has 2 amide bonds. The van der Waals surface area contributed by atoms with Crippen LogP contribution in [0.4, 0.5) is 4.79 Å². The third-order valence-corrected chi connectivity index (χ3v) is 3.43. The molecular formula is C19H20N2O4. The Bertz CT molecular complexity index is 801. The van der Waals surface area contributed by atoms with Crippen molar-refractivity contribution in [1.82, 2.24) is 10.6 Å². The highest BCUT2D eigenvalue weighted by atomic mass is 16.5. The zero-order valence-electron chi connectivity index (χ0n) is 14.1. The first-order valence-corrected chi connectivity index (χ1v) is 7.77. The van der Waals surface area contributed by atoms with Crippen molar-refractivity contribution in [3.05, 3.63) is 66.1 Å². The molecular weight excluding hydrogens is 320 g/mol. The molecule has 0 fully saturated rings. The van der Waals surface area contributed by atoms with Crippen LogP contribution in [0.5, 0.6) is 5.75 Å². The number of hydrogen-bond acceptors (Lipinski definition) is 3. The molecule has 25 heavy (non-hydrogen) atoms. The summed E-state index contributed by atoms with van der Waals surface area (Å²) >= 11 is 0. The van der Waals surface area contributed by atoms with Crippen LogP contribution in [-0.2, 0) is 0 Å². The van der Waals surface area contributed by atoms with Gasteiger partial charge in [0.15, 0.2) is 5.88 Å². The third kappa shape index (κ3) is 4.60. The van der Waals surface area contributed by atoms with Crippen molar-refractivity contribution in [2.75, 3.05) is 6.54 Å². The summed E-state index contributed by atoms with van der Waals surface area (Å²) in [5.74, 6) is -1.03. The molecule has 0 aromatic heterocycles. The molecule has 0 saturated heterocycles. The van der Waals surface area contributed by atoms with E-state index in [1.54, 1.807) is 19.9 Å². The highest BCUT2D eigenvalue weighted by Crippen LogP contribution is 2.31. The Morgan fingerprint density at radius 2 is 1.84 bits per heavy atom. The summed E-state index contributed by atoms with van der Waals surface area (Å²) < 4.78 is 5.50. The first-order valence-electron chi connectivity index (χ1n) is 7.77. The van der Waals surface area contributed by atoms with Crippen molar-refractivity contribution in [1.29, 1.82) is 0 Å². The first kappa shape index (κ1) is 18.1. The summed E-state index contributed by atoms with van der Waals surface area (Å²) in [5, 5.41) is 14.5. The van der Waals surface area contributed by atoms with Crippen molar-refractivity contribution in [3.63, 3.8) is 0 Å². The smallest absolute Gasteiger partial charge is 0.339 e. The molecule has 0 bridgehead atoms. The molecule has 0 aliphatic rings. The number of aromatic carboxylic acids is 1. The van der Waals surface area contributed by atoms with E-state index in [0.717, 1.165) is 11.1 Å². The molecule has 6 nitrogen and oxygen atoms in total. The maximum Gasteiger partial charge on any atom is 0.339 e. The number of urea groups is 1. The highest BCUT2D eigenvalue weighted by Gasteiger charge is 2.18. The minimum absolute atomic E-state index is 0.00213. The third-order valence-electron chi connectivity index (χ3n) is 3.43. The first-order chi connectivity index (χ1) is 11.9. The fraction of sp³-hybridized carbons (Fsp3) is 0.158. The number of carbonyl (C=O) groups excluding carboxylic acids is 1. The van der Waals surface area contributed by atoms with E-state index in [4.69, 9.17) is 4.74 Å². The lowest BCUT2D eigenvalue weighted by atomic mass is 9.99. The van der Waals surface area contributed by atoms with Crippen LogP contribution in [0, 0.1) is 6.92 Å². The number of benzene rings is 2. The molecule has 0 aliphatic heterocycles. The summed E-state index contributed by atoms with van der Waals surface area (Å²) in [5.41, 5.74) is 2.29. The number of carboxylic acid groups (broad SMARTS) is 1. The summed E-state index contributed by atoms with van der Waals surface area (Å²) in [4.78, 5) is 23.2. The van der Waals surface area contributed by atoms with E-state index in [0.29, 0.717) is 12.1 Å². The average Bonchev–Trinajstić information content (AvgIpc) is 2.57. The molecule has 2 aromatic rings. The van der Waals surface area contributed by atoms with Crippen LogP contribution < -0.4 is 15.4 Å². The van der Waals surface area contributed by atoms with Gasteiger partial charge in [0, 0.05) is 6.54 Å². The van der Waals surface area contributed by atoms with Crippen LogP contribution in [0.3, 0.4) is 0 Å². The maximum atomic E-state index is 11.7. The Morgan fingerprint density at radius 1 is 1.16 bits per heavy atom. The van der Waals surface area contributed by atoms with Crippen LogP contribution in [-0.4, -0.2) is 23.7 Å². The fourth-order valence-electron chi connectivity index (χ4n) is 2.35. The summed E-state index contributed by atoms with van der Waals surface area (Å²) in [7, 11) is 0. The summed E-state index contributed by atoms with van der Waals surface area (Å²) in [6.07, 6.45) is 0. The summed E-state index contributed by atoms with van der Waals surface area (Å²) in [6.45, 7) is 7.58. The predicted octanol–water partition coefficient (Wildman–Crippen LogP) is 3.53. The topological polar surface area (TPSA) is 87.7 Å². The van der Waals surface area contributed by atoms with Gasteiger partial charge in [-0.1, -0.05) is 30.3 Å². The fourth-order valence-corrected chi connectivity index (χ4v) is 2.35. The molecule has 0 atom stereocenters. The van der Waals surface area contributed by atoms with Crippen LogP contribution >= 0.6 is 0 Å². The Hall–Kier alpha value is -3.28. The van der Waals surface area contributed by atoms with Gasteiger partial charge in [-0.15, -0.1) is 0 Å². The number of carboxylic acids is 1. The second kappa shape index (κ2) is 8.01. The molecule has 0 radical (unpaired) electrons. The Morgan fingerprint density at radius 3 is 2.44 bits per heavy atom. The normalized spacial score (nSPS) is 10.0. The van der Waals surface area contributed by atoms with Gasteiger partial charge < -0.3 is 15.2 Å². The lowest BCUT2D eigenvalue weighted by Crippen LogP contribution is -2.35. The van der Waals surface area contributed by atoms with Crippen LogP contribution in [0.15, 0.2) is 54.9 Å². The zero-order valence-corrected chi connectivity index (χ0v) is 14.1. The number of amides is 2. The second-order valence-electron chi connectivity index (χ2n) is 5.35. The van der Waals surface area contributed by atoms with Gasteiger partial charge in [-0.25, -0.2) is 9.59 Å². The van der Waals surface area contributed by atoms with E-state index in [1.165, 1.54) is 0 Å². The number of aryl methyl sites for hydroxylation is 1. The summed E-state index contributed by atoms with van der Waals surface area (Å²) in [6, 6.07) is 12.4. The molecule has 0 spiro atoms. The number of ether oxygens (including phenoxy) is 1. The van der Waals surface area contributed by atoms with E-state index < -0.39 is 12.0 Å². The van der Waals surface area contributed by atoms with Crippen LogP contribution in [0.1, 0.15) is 22.8 Å². The van der Waals surface area contributed by atoms with Crippen molar-refractivity contribution >= 4 is 12.0 Å². The van der Waals surface area contributed by atoms with Crippen molar-refractivity contribution < 1.29 is 19.4 Å². The van der Waals surface area contributed by atoms with E-state index in [2.05, 4.69) is 17.2 Å². The van der Waals surface area contributed by atoms with Crippen LogP contribution in [0.2, 0.25) is 0 Å². The second-order valence-corrected chi connectivity index (χ2v) is 5.35. The minimum Gasteiger partial charge on any atom is -0.478 e. The standard InChI is InChI=1S/C19H20N2O4/c1-4-20-19(24)21-13(3)25-17-12(2)10-15(11-16(17)18(22)23)14-8-6-5-7-9-14/h5-11H,3-4H2,1-2H3,(H,22,23)(H2,20,21,24). The Kier molecular flexibility index (Phi) is 5.79. The molecule has 2 rings (SSSR count). The van der Waals surface area contributed by atoms with Crippen molar-refractivity contribution in [3.8, 4) is 16.9 Å². The molecule has 0 heterocycles. The molecule has 130 valence electrons. The van der Waals surface area contributed by atoms with Gasteiger partial charge in [0.1, 0.15) is 11.3 Å². The van der Waals surface area contributed by atoms with Gasteiger partial charge in [-0.05, 0) is 49.2 Å². The zero-order chi connectivity index (χ0) is 18.4. The molecule has 0 unspecified atom stereocenters. The predicted molar refractivity (Wildman–Crippen MR) is 95.6 cm³/mol. The van der Waals surface area contributed by atoms with E-state index >= 15 is 0 Å². The van der Waals surface area contributed by atoms with Gasteiger partial charge >= 0.3 is 12.0 Å². The Balaban J connectivity index is 2.33. The van der Waals surface area contributed by atoms with E-state index in [9.17, 15) is 14.7 Å². The largest absolute Gasteiger partial charge is 0.478 e.